The maximum Gasteiger partial charge on any atom is 0.0498 e. The molecule has 0 saturated heterocycles. The highest BCUT2D eigenvalue weighted by Gasteiger charge is 2.10. The lowest BCUT2D eigenvalue weighted by Crippen LogP contribution is -2.04. The number of benzene rings is 2. The van der Waals surface area contributed by atoms with Gasteiger partial charge in [0.2, 0.25) is 0 Å². The minimum absolute atomic E-state index is 0.756. The van der Waals surface area contributed by atoms with Crippen LogP contribution in [0.1, 0.15) is 33.6 Å². The molecule has 0 saturated carbocycles. The zero-order valence-electron chi connectivity index (χ0n) is 15.3. The average Bonchev–Trinajstić information content (AvgIpc) is 2.72. The lowest BCUT2D eigenvalue weighted by molar-refractivity contribution is 0.942. The Bertz CT molecular complexity index is 912. The van der Waals surface area contributed by atoms with Crippen molar-refractivity contribution in [2.45, 2.75) is 19.3 Å². The van der Waals surface area contributed by atoms with Crippen LogP contribution in [-0.4, -0.2) is 9.97 Å². The minimum atomic E-state index is 0.756. The lowest BCUT2D eigenvalue weighted by atomic mass is 9.97. The van der Waals surface area contributed by atoms with Crippen molar-refractivity contribution in [3.05, 3.63) is 131 Å². The summed E-state index contributed by atoms with van der Waals surface area (Å²) < 4.78 is 0. The van der Waals surface area contributed by atoms with Crippen molar-refractivity contribution in [3.63, 3.8) is 0 Å². The van der Waals surface area contributed by atoms with E-state index in [2.05, 4.69) is 82.8 Å². The van der Waals surface area contributed by atoms with E-state index in [1.165, 1.54) is 22.3 Å². The molecular weight excluding hydrogens is 328 g/mol. The van der Waals surface area contributed by atoms with Gasteiger partial charge in [0.05, 0.1) is 0 Å². The minimum Gasteiger partial charge on any atom is -0.261 e. The molecule has 0 amide bonds. The summed E-state index contributed by atoms with van der Waals surface area (Å²) in [5.41, 5.74) is 7.35. The van der Waals surface area contributed by atoms with E-state index in [4.69, 9.17) is 0 Å². The molecular formula is C25H22N2. The van der Waals surface area contributed by atoms with Crippen molar-refractivity contribution < 1.29 is 0 Å². The molecule has 2 heterocycles. The van der Waals surface area contributed by atoms with Crippen LogP contribution >= 0.6 is 0 Å². The van der Waals surface area contributed by atoms with E-state index in [-0.39, 0.29) is 0 Å². The smallest absolute Gasteiger partial charge is 0.0498 e. The Labute approximate surface area is 160 Å². The van der Waals surface area contributed by atoms with Gasteiger partial charge in [0.25, 0.3) is 0 Å². The van der Waals surface area contributed by atoms with Crippen LogP contribution in [0, 0.1) is 0 Å². The Morgan fingerprint density at radius 2 is 0.889 bits per heavy atom. The highest BCUT2D eigenvalue weighted by molar-refractivity contribution is 5.35. The van der Waals surface area contributed by atoms with Crippen molar-refractivity contribution in [1.82, 2.24) is 9.97 Å². The van der Waals surface area contributed by atoms with Crippen molar-refractivity contribution in [2.75, 3.05) is 0 Å². The Balaban J connectivity index is 1.60. The molecule has 0 radical (unpaired) electrons. The topological polar surface area (TPSA) is 25.8 Å². The maximum atomic E-state index is 4.68. The number of hydrogen-bond acceptors (Lipinski definition) is 2. The van der Waals surface area contributed by atoms with Crippen LogP contribution in [0.3, 0.4) is 0 Å². The number of hydrogen-bond donors (Lipinski definition) is 0. The van der Waals surface area contributed by atoms with Gasteiger partial charge in [-0.25, -0.2) is 0 Å². The van der Waals surface area contributed by atoms with E-state index in [0.29, 0.717) is 0 Å². The second-order valence-corrected chi connectivity index (χ2v) is 6.72. The SMILES string of the molecule is c1ccc(Cc2cccnc2Cc2ncccc2Cc2ccccc2)cc1. The highest BCUT2D eigenvalue weighted by atomic mass is 14.7. The molecule has 0 unspecified atom stereocenters. The Morgan fingerprint density at radius 1 is 0.444 bits per heavy atom. The Morgan fingerprint density at radius 3 is 1.33 bits per heavy atom. The predicted octanol–water partition coefficient (Wildman–Crippen LogP) is 5.25. The van der Waals surface area contributed by atoms with Crippen molar-refractivity contribution >= 4 is 0 Å². The van der Waals surface area contributed by atoms with Gasteiger partial charge in [0.15, 0.2) is 0 Å². The van der Waals surface area contributed by atoms with E-state index < -0.39 is 0 Å². The van der Waals surface area contributed by atoms with Crippen LogP contribution in [0.5, 0.6) is 0 Å². The fraction of sp³-hybridized carbons (Fsp3) is 0.120. The first-order chi connectivity index (χ1) is 13.4. The van der Waals surface area contributed by atoms with Gasteiger partial charge in [0.1, 0.15) is 0 Å². The summed E-state index contributed by atoms with van der Waals surface area (Å²) in [6, 6.07) is 29.5. The summed E-state index contributed by atoms with van der Waals surface area (Å²) in [6.45, 7) is 0. The quantitative estimate of drug-likeness (QED) is 0.475. The van der Waals surface area contributed by atoms with Crippen LogP contribution in [0.2, 0.25) is 0 Å². The number of aromatic nitrogens is 2. The standard InChI is InChI=1S/C25H22N2/c1-3-9-20(10-4-1)17-22-13-7-15-26-24(22)19-25-23(14-8-16-27-25)18-21-11-5-2-6-12-21/h1-16H,17-19H2. The maximum absolute atomic E-state index is 4.68. The van der Waals surface area contributed by atoms with E-state index in [0.717, 1.165) is 30.7 Å². The van der Waals surface area contributed by atoms with Gasteiger partial charge in [-0.3, -0.25) is 9.97 Å². The zero-order chi connectivity index (χ0) is 18.3. The molecule has 0 aliphatic rings. The molecule has 0 aliphatic heterocycles. The molecule has 2 heteroatoms. The summed E-state index contributed by atoms with van der Waals surface area (Å²) in [7, 11) is 0. The molecule has 2 aromatic heterocycles. The second-order valence-electron chi connectivity index (χ2n) is 6.72. The normalized spacial score (nSPS) is 10.7. The molecule has 0 aliphatic carbocycles. The zero-order valence-corrected chi connectivity index (χ0v) is 15.3. The molecule has 132 valence electrons. The van der Waals surface area contributed by atoms with Crippen LogP contribution in [0.4, 0.5) is 0 Å². The summed E-state index contributed by atoms with van der Waals surface area (Å²) in [5.74, 6) is 0. The van der Waals surface area contributed by atoms with Crippen molar-refractivity contribution in [1.29, 1.82) is 0 Å². The summed E-state index contributed by atoms with van der Waals surface area (Å²) >= 11 is 0. The third-order valence-corrected chi connectivity index (χ3v) is 4.78. The second kappa shape index (κ2) is 8.41. The molecule has 0 atom stereocenters. The highest BCUT2D eigenvalue weighted by Crippen LogP contribution is 2.19. The van der Waals surface area contributed by atoms with Gasteiger partial charge in [-0.1, -0.05) is 72.8 Å². The van der Waals surface area contributed by atoms with Gasteiger partial charge < -0.3 is 0 Å². The summed E-state index contributed by atoms with van der Waals surface area (Å²) in [5, 5.41) is 0. The monoisotopic (exact) mass is 350 g/mol. The van der Waals surface area contributed by atoms with E-state index in [1.807, 2.05) is 24.5 Å². The largest absolute Gasteiger partial charge is 0.261 e. The summed E-state index contributed by atoms with van der Waals surface area (Å²) in [4.78, 5) is 9.36. The average molecular weight is 350 g/mol. The summed E-state index contributed by atoms with van der Waals surface area (Å²) in [6.07, 6.45) is 6.30. The van der Waals surface area contributed by atoms with Gasteiger partial charge in [-0.15, -0.1) is 0 Å². The third-order valence-electron chi connectivity index (χ3n) is 4.78. The van der Waals surface area contributed by atoms with Gasteiger partial charge >= 0.3 is 0 Å². The fourth-order valence-corrected chi connectivity index (χ4v) is 3.37. The van der Waals surface area contributed by atoms with Crippen LogP contribution in [-0.2, 0) is 19.3 Å². The molecule has 0 N–H and O–H groups in total. The molecule has 2 nitrogen and oxygen atoms in total. The van der Waals surface area contributed by atoms with Crippen LogP contribution < -0.4 is 0 Å². The third kappa shape index (κ3) is 4.48. The van der Waals surface area contributed by atoms with E-state index in [9.17, 15) is 0 Å². The molecule has 4 aromatic rings. The Kier molecular flexibility index (Phi) is 5.35. The van der Waals surface area contributed by atoms with Crippen molar-refractivity contribution in [2.24, 2.45) is 0 Å². The first-order valence-corrected chi connectivity index (χ1v) is 9.32. The fourth-order valence-electron chi connectivity index (χ4n) is 3.37. The first-order valence-electron chi connectivity index (χ1n) is 9.32. The number of pyridine rings is 2. The van der Waals surface area contributed by atoms with Gasteiger partial charge in [-0.2, -0.15) is 0 Å². The molecule has 0 spiro atoms. The van der Waals surface area contributed by atoms with Gasteiger partial charge in [-0.05, 0) is 47.2 Å². The van der Waals surface area contributed by atoms with E-state index >= 15 is 0 Å². The van der Waals surface area contributed by atoms with Crippen LogP contribution in [0.25, 0.3) is 0 Å². The molecule has 0 fully saturated rings. The molecule has 0 bridgehead atoms. The van der Waals surface area contributed by atoms with Crippen LogP contribution in [0.15, 0.2) is 97.3 Å². The number of nitrogens with zero attached hydrogens (tertiary/aromatic N) is 2. The predicted molar refractivity (Wildman–Crippen MR) is 110 cm³/mol. The molecule has 27 heavy (non-hydrogen) atoms. The molecule has 4 rings (SSSR count). The van der Waals surface area contributed by atoms with Gasteiger partial charge in [0, 0.05) is 30.2 Å². The van der Waals surface area contributed by atoms with E-state index in [1.54, 1.807) is 0 Å². The number of rotatable bonds is 6. The van der Waals surface area contributed by atoms with Crippen molar-refractivity contribution in [3.8, 4) is 0 Å². The Hall–Kier alpha value is -3.26. The lowest BCUT2D eigenvalue weighted by Gasteiger charge is -2.12. The first kappa shape index (κ1) is 17.2. The molecule has 2 aromatic carbocycles.